The van der Waals surface area contributed by atoms with Gasteiger partial charge in [-0.05, 0) is 51.1 Å². The van der Waals surface area contributed by atoms with E-state index in [0.29, 0.717) is 31.5 Å². The zero-order chi connectivity index (χ0) is 20.9. The highest BCUT2D eigenvalue weighted by Gasteiger charge is 2.43. The van der Waals surface area contributed by atoms with E-state index in [1.807, 2.05) is 19.0 Å². The third kappa shape index (κ3) is 5.58. The molecule has 28 heavy (non-hydrogen) atoms. The van der Waals surface area contributed by atoms with Crippen molar-refractivity contribution >= 4 is 11.9 Å². The van der Waals surface area contributed by atoms with Crippen molar-refractivity contribution in [1.82, 2.24) is 10.2 Å². The van der Waals surface area contributed by atoms with Crippen molar-refractivity contribution in [3.05, 3.63) is 47.5 Å². The molecule has 0 atom stereocenters. The highest BCUT2D eigenvalue weighted by Crippen LogP contribution is 2.45. The van der Waals surface area contributed by atoms with E-state index in [4.69, 9.17) is 4.74 Å². The van der Waals surface area contributed by atoms with Gasteiger partial charge in [-0.15, -0.1) is 0 Å². The maximum absolute atomic E-state index is 12.7. The highest BCUT2D eigenvalue weighted by atomic mass is 19.4. The molecule has 2 rings (SSSR count). The predicted molar refractivity (Wildman–Crippen MR) is 98.4 cm³/mol. The molecule has 1 saturated carbocycles. The quantitative estimate of drug-likeness (QED) is 0.540. The molecule has 0 unspecified atom stereocenters. The second-order valence-electron chi connectivity index (χ2n) is 7.25. The van der Waals surface area contributed by atoms with Gasteiger partial charge in [0.2, 0.25) is 5.91 Å². The van der Waals surface area contributed by atoms with Gasteiger partial charge in [-0.1, -0.05) is 18.7 Å². The molecule has 0 aromatic heterocycles. The Labute approximate surface area is 162 Å². The van der Waals surface area contributed by atoms with Gasteiger partial charge in [-0.3, -0.25) is 4.79 Å². The van der Waals surface area contributed by atoms with Gasteiger partial charge in [0, 0.05) is 18.7 Å². The lowest BCUT2D eigenvalue weighted by Crippen LogP contribution is -2.40. The topological polar surface area (TPSA) is 58.6 Å². The Morgan fingerprint density at radius 2 is 1.82 bits per heavy atom. The number of rotatable bonds is 8. The average Bonchev–Trinajstić information content (AvgIpc) is 2.56. The fraction of sp³-hybridized carbons (Fsp3) is 0.500. The summed E-state index contributed by atoms with van der Waals surface area (Å²) in [6.07, 6.45) is -2.77. The van der Waals surface area contributed by atoms with Crippen LogP contribution in [-0.2, 0) is 26.1 Å². The van der Waals surface area contributed by atoms with Crippen LogP contribution in [0.3, 0.4) is 0 Å². The third-order valence-corrected chi connectivity index (χ3v) is 4.73. The van der Waals surface area contributed by atoms with Gasteiger partial charge in [0.15, 0.2) is 0 Å². The Bertz CT molecular complexity index is 723. The maximum atomic E-state index is 12.7. The number of nitrogens with one attached hydrogen (secondary N) is 1. The number of hydrogen-bond donors (Lipinski definition) is 1. The summed E-state index contributed by atoms with van der Waals surface area (Å²) in [4.78, 5) is 26.2. The van der Waals surface area contributed by atoms with Crippen LogP contribution in [0.1, 0.15) is 36.8 Å². The minimum absolute atomic E-state index is 0.0144. The number of benzene rings is 1. The summed E-state index contributed by atoms with van der Waals surface area (Å²) in [6, 6.07) is 4.64. The van der Waals surface area contributed by atoms with E-state index in [0.717, 1.165) is 18.6 Å². The van der Waals surface area contributed by atoms with E-state index in [-0.39, 0.29) is 17.9 Å². The number of halogens is 3. The van der Waals surface area contributed by atoms with Crippen LogP contribution in [0.15, 0.2) is 36.4 Å². The molecule has 0 radical (unpaired) electrons. The molecule has 1 aliphatic carbocycles. The number of carbonyl (C=O) groups excluding carboxylic acids is 2. The molecule has 5 nitrogen and oxygen atoms in total. The zero-order valence-corrected chi connectivity index (χ0v) is 16.1. The van der Waals surface area contributed by atoms with Crippen molar-refractivity contribution in [3.63, 3.8) is 0 Å². The average molecular weight is 398 g/mol. The maximum Gasteiger partial charge on any atom is 0.416 e. The molecule has 1 N–H and O–H groups in total. The molecule has 0 spiro atoms. The lowest BCUT2D eigenvalue weighted by Gasteiger charge is -2.41. The summed E-state index contributed by atoms with van der Waals surface area (Å²) >= 11 is 0. The van der Waals surface area contributed by atoms with Gasteiger partial charge in [0.1, 0.15) is 5.60 Å². The number of ether oxygens (including phenoxy) is 1. The SMILES string of the molecule is C=C(CC(=O)NCCN(C)C)C(=O)OC1(c2ccc(C(F)(F)F)cc2)CCC1. The van der Waals surface area contributed by atoms with E-state index in [2.05, 4.69) is 11.9 Å². The van der Waals surface area contributed by atoms with Gasteiger partial charge in [0.05, 0.1) is 12.0 Å². The number of likely N-dealkylation sites (N-methyl/N-ethyl adjacent to an activating group) is 1. The second kappa shape index (κ2) is 8.77. The van der Waals surface area contributed by atoms with E-state index in [9.17, 15) is 22.8 Å². The number of hydrogen-bond acceptors (Lipinski definition) is 4. The lowest BCUT2D eigenvalue weighted by molar-refractivity contribution is -0.167. The standard InChI is InChI=1S/C20H25F3N2O3/c1-14(13-17(26)24-11-12-25(2)3)18(27)28-19(9-4-10-19)15-5-7-16(8-6-15)20(21,22)23/h5-8H,1,4,9-13H2,2-3H3,(H,24,26). The molecule has 8 heteroatoms. The molecule has 154 valence electrons. The smallest absolute Gasteiger partial charge is 0.416 e. The number of alkyl halides is 3. The summed E-state index contributed by atoms with van der Waals surface area (Å²) in [5.41, 5.74) is -1.18. The van der Waals surface area contributed by atoms with Crippen LogP contribution < -0.4 is 5.32 Å². The fourth-order valence-electron chi connectivity index (χ4n) is 2.91. The normalized spacial score (nSPS) is 15.6. The van der Waals surface area contributed by atoms with Gasteiger partial charge >= 0.3 is 12.1 Å². The lowest BCUT2D eigenvalue weighted by atomic mass is 9.74. The summed E-state index contributed by atoms with van der Waals surface area (Å²) in [7, 11) is 3.75. The van der Waals surface area contributed by atoms with Crippen LogP contribution in [0.4, 0.5) is 13.2 Å². The molecule has 0 aliphatic heterocycles. The van der Waals surface area contributed by atoms with E-state index < -0.39 is 23.3 Å². The molecule has 1 aromatic rings. The molecule has 1 aliphatic rings. The van der Waals surface area contributed by atoms with Crippen molar-refractivity contribution in [1.29, 1.82) is 0 Å². The number of nitrogens with zero attached hydrogens (tertiary/aromatic N) is 1. The summed E-state index contributed by atoms with van der Waals surface area (Å²) in [5, 5.41) is 2.69. The molecule has 1 fully saturated rings. The molecule has 0 bridgehead atoms. The first-order valence-corrected chi connectivity index (χ1v) is 9.04. The molecule has 1 amide bonds. The van der Waals surface area contributed by atoms with Gasteiger partial charge < -0.3 is 15.0 Å². The molecule has 1 aromatic carbocycles. The zero-order valence-electron chi connectivity index (χ0n) is 16.1. The van der Waals surface area contributed by atoms with Crippen molar-refractivity contribution in [2.24, 2.45) is 0 Å². The third-order valence-electron chi connectivity index (χ3n) is 4.73. The van der Waals surface area contributed by atoms with E-state index in [1.54, 1.807) is 0 Å². The number of amides is 1. The fourth-order valence-corrected chi connectivity index (χ4v) is 2.91. The second-order valence-corrected chi connectivity index (χ2v) is 7.25. The Balaban J connectivity index is 1.96. The minimum Gasteiger partial charge on any atom is -0.451 e. The number of carbonyl (C=O) groups is 2. The van der Waals surface area contributed by atoms with Gasteiger partial charge in [-0.25, -0.2) is 4.79 Å². The summed E-state index contributed by atoms with van der Waals surface area (Å²) in [5.74, 6) is -1.04. The van der Waals surface area contributed by atoms with Crippen molar-refractivity contribution in [3.8, 4) is 0 Å². The first-order valence-electron chi connectivity index (χ1n) is 9.04. The van der Waals surface area contributed by atoms with Crippen LogP contribution >= 0.6 is 0 Å². The van der Waals surface area contributed by atoms with Gasteiger partial charge in [0.25, 0.3) is 0 Å². The molecular formula is C20H25F3N2O3. The van der Waals surface area contributed by atoms with Crippen LogP contribution in [0.2, 0.25) is 0 Å². The monoisotopic (exact) mass is 398 g/mol. The van der Waals surface area contributed by atoms with Crippen molar-refractivity contribution in [2.45, 2.75) is 37.5 Å². The highest BCUT2D eigenvalue weighted by molar-refractivity contribution is 5.94. The Kier molecular flexibility index (Phi) is 6.87. The van der Waals surface area contributed by atoms with Crippen molar-refractivity contribution < 1.29 is 27.5 Å². The molecule has 0 heterocycles. The van der Waals surface area contributed by atoms with Crippen molar-refractivity contribution in [2.75, 3.05) is 27.2 Å². The Morgan fingerprint density at radius 3 is 2.29 bits per heavy atom. The van der Waals surface area contributed by atoms with Crippen LogP contribution in [0.25, 0.3) is 0 Å². The number of esters is 1. The minimum atomic E-state index is -4.42. The van der Waals surface area contributed by atoms with E-state index in [1.165, 1.54) is 12.1 Å². The molecule has 0 saturated heterocycles. The summed E-state index contributed by atoms with van der Waals surface area (Å²) < 4.78 is 43.8. The van der Waals surface area contributed by atoms with Crippen LogP contribution in [0.5, 0.6) is 0 Å². The Morgan fingerprint density at radius 1 is 1.21 bits per heavy atom. The largest absolute Gasteiger partial charge is 0.451 e. The molecular weight excluding hydrogens is 373 g/mol. The summed E-state index contributed by atoms with van der Waals surface area (Å²) in [6.45, 7) is 4.74. The predicted octanol–water partition coefficient (Wildman–Crippen LogP) is 3.25. The first-order chi connectivity index (χ1) is 13.0. The van der Waals surface area contributed by atoms with Crippen LogP contribution in [0, 0.1) is 0 Å². The van der Waals surface area contributed by atoms with Gasteiger partial charge in [-0.2, -0.15) is 13.2 Å². The van der Waals surface area contributed by atoms with Crippen LogP contribution in [-0.4, -0.2) is 44.0 Å². The Hall–Kier alpha value is -2.35. The van der Waals surface area contributed by atoms with E-state index >= 15 is 0 Å². The first kappa shape index (κ1) is 21.9.